The van der Waals surface area contributed by atoms with Crippen molar-refractivity contribution in [2.45, 2.75) is 6.10 Å². The van der Waals surface area contributed by atoms with Gasteiger partial charge in [0.1, 0.15) is 5.82 Å². The number of benzene rings is 1. The van der Waals surface area contributed by atoms with Gasteiger partial charge in [-0.25, -0.2) is 4.39 Å². The Hall–Kier alpha value is -1.33. The molecule has 0 aromatic heterocycles. The van der Waals surface area contributed by atoms with Crippen LogP contribution in [0.15, 0.2) is 12.1 Å². The van der Waals surface area contributed by atoms with Gasteiger partial charge in [-0.15, -0.1) is 0 Å². The molecule has 5 heteroatoms. The molecule has 5 N–H and O–H groups in total. The van der Waals surface area contributed by atoms with Crippen LogP contribution in [0.3, 0.4) is 0 Å². The van der Waals surface area contributed by atoms with Gasteiger partial charge in [-0.05, 0) is 6.07 Å². The van der Waals surface area contributed by atoms with Gasteiger partial charge in [0.2, 0.25) is 0 Å². The fourth-order valence-electron chi connectivity index (χ4n) is 0.950. The van der Waals surface area contributed by atoms with Crippen LogP contribution >= 0.6 is 0 Å². The molecule has 4 nitrogen and oxygen atoms in total. The highest BCUT2D eigenvalue weighted by atomic mass is 18.2. The third kappa shape index (κ3) is 1.88. The molecular weight excluding hydrogens is 176 g/mol. The zero-order valence-electron chi connectivity index (χ0n) is 6.74. The van der Waals surface area contributed by atoms with Gasteiger partial charge in [-0.3, -0.25) is 0 Å². The number of halogens is 1. The van der Waals surface area contributed by atoms with Crippen molar-refractivity contribution < 1.29 is 19.7 Å². The van der Waals surface area contributed by atoms with E-state index >= 15 is 0 Å². The van der Waals surface area contributed by atoms with Crippen LogP contribution in [0.5, 0.6) is 11.5 Å². The van der Waals surface area contributed by atoms with Crippen LogP contribution in [0.1, 0.15) is 11.7 Å². The van der Waals surface area contributed by atoms with E-state index in [1.807, 2.05) is 0 Å². The molecule has 1 unspecified atom stereocenters. The number of aliphatic hydroxyl groups excluding tert-OH is 1. The molecule has 0 aliphatic carbocycles. The normalized spacial score (nSPS) is 12.8. The largest absolute Gasteiger partial charge is 0.504 e. The molecule has 0 saturated heterocycles. The molecule has 72 valence electrons. The van der Waals surface area contributed by atoms with Crippen molar-refractivity contribution in [3.8, 4) is 11.5 Å². The zero-order valence-corrected chi connectivity index (χ0v) is 6.74. The minimum absolute atomic E-state index is 0.127. The van der Waals surface area contributed by atoms with Crippen LogP contribution in [0.25, 0.3) is 0 Å². The molecule has 0 radical (unpaired) electrons. The van der Waals surface area contributed by atoms with E-state index in [9.17, 15) is 4.39 Å². The molecule has 1 aromatic rings. The summed E-state index contributed by atoms with van der Waals surface area (Å²) < 4.78 is 13.0. The fourth-order valence-corrected chi connectivity index (χ4v) is 0.950. The van der Waals surface area contributed by atoms with Crippen LogP contribution in [0.4, 0.5) is 4.39 Å². The highest BCUT2D eigenvalue weighted by molar-refractivity contribution is 5.42. The smallest absolute Gasteiger partial charge is 0.160 e. The Morgan fingerprint density at radius 1 is 1.31 bits per heavy atom. The Bertz CT molecular complexity index is 317. The Labute approximate surface area is 74.0 Å². The summed E-state index contributed by atoms with van der Waals surface area (Å²) in [7, 11) is 0. The standard InChI is InChI=1S/C8H10FNO3/c9-5-2-7(12)6(11)1-4(5)8(13)3-10/h1-2,8,11-13H,3,10H2/i9-1. The van der Waals surface area contributed by atoms with Crippen LogP contribution in [0.2, 0.25) is 0 Å². The van der Waals surface area contributed by atoms with Crippen LogP contribution in [-0.2, 0) is 0 Å². The third-order valence-corrected chi connectivity index (χ3v) is 1.68. The monoisotopic (exact) mass is 186 g/mol. The van der Waals surface area contributed by atoms with Crippen molar-refractivity contribution in [1.29, 1.82) is 0 Å². The van der Waals surface area contributed by atoms with E-state index in [-0.39, 0.29) is 12.1 Å². The number of aromatic hydroxyl groups is 2. The summed E-state index contributed by atoms with van der Waals surface area (Å²) in [5, 5.41) is 27.0. The molecule has 0 bridgehead atoms. The Kier molecular flexibility index (Phi) is 2.69. The number of hydrogen-bond donors (Lipinski definition) is 4. The second-order valence-electron chi connectivity index (χ2n) is 2.61. The van der Waals surface area contributed by atoms with E-state index in [4.69, 9.17) is 21.1 Å². The van der Waals surface area contributed by atoms with Gasteiger partial charge < -0.3 is 21.1 Å². The highest BCUT2D eigenvalue weighted by Crippen LogP contribution is 2.30. The first kappa shape index (κ1) is 9.76. The lowest BCUT2D eigenvalue weighted by Gasteiger charge is -2.10. The predicted octanol–water partition coefficient (Wildman–Crippen LogP) is 0.229. The van der Waals surface area contributed by atoms with Crippen molar-refractivity contribution >= 4 is 0 Å². The SMILES string of the molecule is NCC(O)c1cc(O)c(O)cc1[18F]. The summed E-state index contributed by atoms with van der Waals surface area (Å²) in [4.78, 5) is 0. The molecule has 0 aliphatic heterocycles. The summed E-state index contributed by atoms with van der Waals surface area (Å²) in [5.74, 6) is -1.84. The van der Waals surface area contributed by atoms with Crippen LogP contribution in [-0.4, -0.2) is 21.9 Å². The summed E-state index contributed by atoms with van der Waals surface area (Å²) in [5.41, 5.74) is 4.97. The average molecular weight is 186 g/mol. The second-order valence-corrected chi connectivity index (χ2v) is 2.61. The van der Waals surface area contributed by atoms with Gasteiger partial charge in [0, 0.05) is 18.2 Å². The van der Waals surface area contributed by atoms with Gasteiger partial charge in [-0.2, -0.15) is 0 Å². The Morgan fingerprint density at radius 3 is 2.38 bits per heavy atom. The maximum atomic E-state index is 13.0. The molecule has 1 atom stereocenters. The maximum absolute atomic E-state index is 13.0. The number of rotatable bonds is 2. The number of aliphatic hydroxyl groups is 1. The molecule has 0 saturated carbocycles. The van der Waals surface area contributed by atoms with Gasteiger partial charge in [0.15, 0.2) is 11.5 Å². The first-order chi connectivity index (χ1) is 6.06. The summed E-state index contributed by atoms with van der Waals surface area (Å²) >= 11 is 0. The number of hydrogen-bond acceptors (Lipinski definition) is 4. The van der Waals surface area contributed by atoms with Crippen molar-refractivity contribution in [3.05, 3.63) is 23.5 Å². The van der Waals surface area contributed by atoms with E-state index in [1.165, 1.54) is 0 Å². The molecule has 1 aromatic carbocycles. The summed E-state index contributed by atoms with van der Waals surface area (Å²) in [6.45, 7) is -0.152. The predicted molar refractivity (Wildman–Crippen MR) is 43.7 cm³/mol. The average Bonchev–Trinajstić information content (AvgIpc) is 2.10. The molecular formula is C8H10FNO3. The van der Waals surface area contributed by atoms with E-state index in [0.717, 1.165) is 12.1 Å². The summed E-state index contributed by atoms with van der Waals surface area (Å²) in [6.07, 6.45) is -1.17. The van der Waals surface area contributed by atoms with Crippen molar-refractivity contribution in [3.63, 3.8) is 0 Å². The summed E-state index contributed by atoms with van der Waals surface area (Å²) in [6, 6.07) is 1.67. The molecule has 0 amide bonds. The number of nitrogens with two attached hydrogens (primary N) is 1. The minimum Gasteiger partial charge on any atom is -0.504 e. The zero-order chi connectivity index (χ0) is 10.0. The van der Waals surface area contributed by atoms with E-state index in [1.54, 1.807) is 0 Å². The number of phenols is 2. The fraction of sp³-hybridized carbons (Fsp3) is 0.250. The Morgan fingerprint density at radius 2 is 1.85 bits per heavy atom. The van der Waals surface area contributed by atoms with Crippen molar-refractivity contribution in [1.82, 2.24) is 0 Å². The minimum atomic E-state index is -1.17. The first-order valence-electron chi connectivity index (χ1n) is 3.65. The molecule has 1 rings (SSSR count). The van der Waals surface area contributed by atoms with E-state index in [0.29, 0.717) is 0 Å². The van der Waals surface area contributed by atoms with Crippen LogP contribution in [0, 0.1) is 5.82 Å². The van der Waals surface area contributed by atoms with Gasteiger partial charge in [-0.1, -0.05) is 0 Å². The molecule has 0 aliphatic rings. The lowest BCUT2D eigenvalue weighted by molar-refractivity contribution is 0.181. The van der Waals surface area contributed by atoms with Gasteiger partial charge in [0.05, 0.1) is 6.10 Å². The topological polar surface area (TPSA) is 86.7 Å². The molecule has 0 heterocycles. The number of phenolic OH excluding ortho intramolecular Hbond substituents is 2. The lowest BCUT2D eigenvalue weighted by atomic mass is 10.1. The van der Waals surface area contributed by atoms with E-state index < -0.39 is 23.4 Å². The molecule has 13 heavy (non-hydrogen) atoms. The lowest BCUT2D eigenvalue weighted by Crippen LogP contribution is -2.12. The van der Waals surface area contributed by atoms with Crippen molar-refractivity contribution in [2.75, 3.05) is 6.54 Å². The molecule has 0 spiro atoms. The Balaban J connectivity index is 3.15. The van der Waals surface area contributed by atoms with Crippen molar-refractivity contribution in [2.24, 2.45) is 5.73 Å². The maximum Gasteiger partial charge on any atom is 0.160 e. The second kappa shape index (κ2) is 3.59. The quantitative estimate of drug-likeness (QED) is 0.498. The van der Waals surface area contributed by atoms with Gasteiger partial charge >= 0.3 is 0 Å². The molecule has 0 fully saturated rings. The highest BCUT2D eigenvalue weighted by Gasteiger charge is 2.14. The van der Waals surface area contributed by atoms with Crippen LogP contribution < -0.4 is 5.73 Å². The third-order valence-electron chi connectivity index (χ3n) is 1.68. The van der Waals surface area contributed by atoms with Gasteiger partial charge in [0.25, 0.3) is 0 Å². The first-order valence-corrected chi connectivity index (χ1v) is 3.65. The van der Waals surface area contributed by atoms with E-state index in [2.05, 4.69) is 0 Å².